The fourth-order valence-corrected chi connectivity index (χ4v) is 2.13. The van der Waals surface area contributed by atoms with Crippen molar-refractivity contribution in [1.82, 2.24) is 19.3 Å². The molecule has 19 heavy (non-hydrogen) atoms. The lowest BCUT2D eigenvalue weighted by molar-refractivity contribution is 0.0686. The summed E-state index contributed by atoms with van der Waals surface area (Å²) in [7, 11) is 1.84. The van der Waals surface area contributed by atoms with E-state index in [9.17, 15) is 9.90 Å². The van der Waals surface area contributed by atoms with E-state index in [1.807, 2.05) is 35.9 Å². The van der Waals surface area contributed by atoms with Gasteiger partial charge in [0.25, 0.3) is 0 Å². The fraction of sp³-hybridized carbons (Fsp3) is 0.154. The highest BCUT2D eigenvalue weighted by Gasteiger charge is 2.18. The van der Waals surface area contributed by atoms with Crippen LogP contribution in [0, 0.1) is 6.92 Å². The van der Waals surface area contributed by atoms with Crippen molar-refractivity contribution in [3.63, 3.8) is 0 Å². The Hall–Kier alpha value is -2.63. The third-order valence-corrected chi connectivity index (χ3v) is 3.00. The first-order valence-corrected chi connectivity index (χ1v) is 5.79. The van der Waals surface area contributed by atoms with E-state index in [0.717, 1.165) is 11.0 Å². The van der Waals surface area contributed by atoms with Crippen molar-refractivity contribution in [3.8, 4) is 5.95 Å². The summed E-state index contributed by atoms with van der Waals surface area (Å²) in [5.41, 5.74) is 2.49. The molecule has 0 spiro atoms. The first kappa shape index (κ1) is 11.5. The van der Waals surface area contributed by atoms with Crippen LogP contribution in [0.5, 0.6) is 0 Å². The van der Waals surface area contributed by atoms with Crippen molar-refractivity contribution in [2.24, 2.45) is 7.05 Å². The second kappa shape index (κ2) is 3.94. The molecule has 0 atom stereocenters. The molecule has 3 rings (SSSR count). The average Bonchev–Trinajstić information content (AvgIpc) is 2.91. The van der Waals surface area contributed by atoms with E-state index in [4.69, 9.17) is 0 Å². The molecule has 3 aromatic rings. The van der Waals surface area contributed by atoms with Gasteiger partial charge < -0.3 is 9.67 Å². The number of hydrogen-bond donors (Lipinski definition) is 1. The molecule has 0 aliphatic heterocycles. The summed E-state index contributed by atoms with van der Waals surface area (Å²) in [6, 6.07) is 9.16. The van der Waals surface area contributed by atoms with Gasteiger partial charge in [-0.2, -0.15) is 9.78 Å². The minimum atomic E-state index is -1.02. The molecule has 6 nitrogen and oxygen atoms in total. The summed E-state index contributed by atoms with van der Waals surface area (Å²) in [4.78, 5) is 15.7. The third-order valence-electron chi connectivity index (χ3n) is 3.00. The number of benzene rings is 1. The summed E-state index contributed by atoms with van der Waals surface area (Å²) < 4.78 is 3.19. The second-order valence-corrected chi connectivity index (χ2v) is 4.35. The van der Waals surface area contributed by atoms with Crippen LogP contribution in [0.4, 0.5) is 0 Å². The molecule has 1 N–H and O–H groups in total. The quantitative estimate of drug-likeness (QED) is 0.758. The maximum atomic E-state index is 11.2. The molecular formula is C13H12N4O2. The highest BCUT2D eigenvalue weighted by molar-refractivity contribution is 5.86. The number of rotatable bonds is 2. The smallest absolute Gasteiger partial charge is 0.354 e. The summed E-state index contributed by atoms with van der Waals surface area (Å²) in [6.07, 6.45) is 0. The van der Waals surface area contributed by atoms with Crippen molar-refractivity contribution in [1.29, 1.82) is 0 Å². The van der Waals surface area contributed by atoms with Crippen molar-refractivity contribution in [2.45, 2.75) is 6.92 Å². The molecular weight excluding hydrogens is 244 g/mol. The average molecular weight is 256 g/mol. The first-order valence-electron chi connectivity index (χ1n) is 5.79. The molecule has 0 saturated carbocycles. The van der Waals surface area contributed by atoms with Crippen molar-refractivity contribution in [2.75, 3.05) is 0 Å². The van der Waals surface area contributed by atoms with Crippen LogP contribution in [-0.2, 0) is 7.05 Å². The Kier molecular flexibility index (Phi) is 2.38. The van der Waals surface area contributed by atoms with Gasteiger partial charge in [0.05, 0.1) is 16.7 Å². The van der Waals surface area contributed by atoms with Gasteiger partial charge in [-0.25, -0.2) is 9.78 Å². The van der Waals surface area contributed by atoms with Gasteiger partial charge in [-0.05, 0) is 25.1 Å². The number of aromatic nitrogens is 4. The third kappa shape index (κ3) is 1.69. The van der Waals surface area contributed by atoms with E-state index >= 15 is 0 Å². The number of fused-ring (bicyclic) bond motifs is 1. The van der Waals surface area contributed by atoms with Crippen LogP contribution >= 0.6 is 0 Å². The van der Waals surface area contributed by atoms with E-state index < -0.39 is 5.97 Å². The normalized spacial score (nSPS) is 11.1. The van der Waals surface area contributed by atoms with Gasteiger partial charge in [0.2, 0.25) is 5.95 Å². The van der Waals surface area contributed by atoms with Crippen LogP contribution in [0.2, 0.25) is 0 Å². The maximum absolute atomic E-state index is 11.2. The minimum absolute atomic E-state index is 0.107. The van der Waals surface area contributed by atoms with Gasteiger partial charge >= 0.3 is 5.97 Å². The van der Waals surface area contributed by atoms with E-state index in [1.165, 1.54) is 10.7 Å². The lowest BCUT2D eigenvalue weighted by Gasteiger charge is -2.04. The Morgan fingerprint density at radius 3 is 2.74 bits per heavy atom. The number of aromatic carboxylic acids is 1. The fourth-order valence-electron chi connectivity index (χ4n) is 2.13. The molecule has 6 heteroatoms. The van der Waals surface area contributed by atoms with Crippen LogP contribution < -0.4 is 0 Å². The van der Waals surface area contributed by atoms with Crippen LogP contribution in [0.1, 0.15) is 16.2 Å². The lowest BCUT2D eigenvalue weighted by atomic mass is 10.3. The van der Waals surface area contributed by atoms with E-state index in [0.29, 0.717) is 11.6 Å². The van der Waals surface area contributed by atoms with Gasteiger partial charge in [-0.1, -0.05) is 12.1 Å². The summed E-state index contributed by atoms with van der Waals surface area (Å²) >= 11 is 0. The van der Waals surface area contributed by atoms with Crippen LogP contribution in [0.3, 0.4) is 0 Å². The van der Waals surface area contributed by atoms with Crippen LogP contribution in [-0.4, -0.2) is 30.4 Å². The Bertz CT molecular complexity index is 785. The molecule has 96 valence electrons. The van der Waals surface area contributed by atoms with Gasteiger partial charge in [-0.15, -0.1) is 0 Å². The molecule has 0 saturated heterocycles. The lowest BCUT2D eigenvalue weighted by Crippen LogP contribution is -2.12. The molecule has 0 amide bonds. The van der Waals surface area contributed by atoms with E-state index in [1.54, 1.807) is 6.92 Å². The molecule has 2 heterocycles. The molecule has 0 fully saturated rings. The van der Waals surface area contributed by atoms with Crippen LogP contribution in [0.15, 0.2) is 30.3 Å². The topological polar surface area (TPSA) is 72.9 Å². The highest BCUT2D eigenvalue weighted by Crippen LogP contribution is 2.18. The first-order chi connectivity index (χ1) is 9.08. The minimum Gasteiger partial charge on any atom is -0.477 e. The number of para-hydroxylation sites is 2. The van der Waals surface area contributed by atoms with Crippen molar-refractivity contribution in [3.05, 3.63) is 41.7 Å². The zero-order valence-electron chi connectivity index (χ0n) is 10.5. The number of aryl methyl sites for hydroxylation is 2. The Balaban J connectivity index is 2.30. The molecule has 2 aromatic heterocycles. The van der Waals surface area contributed by atoms with Gasteiger partial charge in [0.1, 0.15) is 0 Å². The molecule has 0 aliphatic rings. The highest BCUT2D eigenvalue weighted by atomic mass is 16.4. The van der Waals surface area contributed by atoms with Crippen molar-refractivity contribution < 1.29 is 9.90 Å². The summed E-state index contributed by atoms with van der Waals surface area (Å²) in [5.74, 6) is -0.528. The number of imidazole rings is 1. The van der Waals surface area contributed by atoms with Gasteiger partial charge in [-0.3, -0.25) is 0 Å². The Labute approximate surface area is 108 Å². The molecule has 1 aromatic carbocycles. The number of carbonyl (C=O) groups is 1. The van der Waals surface area contributed by atoms with Gasteiger partial charge in [0.15, 0.2) is 5.69 Å². The second-order valence-electron chi connectivity index (χ2n) is 4.35. The van der Waals surface area contributed by atoms with Crippen molar-refractivity contribution >= 4 is 17.0 Å². The Morgan fingerprint density at radius 2 is 2.05 bits per heavy atom. The summed E-state index contributed by atoms with van der Waals surface area (Å²) in [6.45, 7) is 1.76. The monoisotopic (exact) mass is 256 g/mol. The van der Waals surface area contributed by atoms with E-state index in [-0.39, 0.29) is 5.69 Å². The SMILES string of the molecule is Cc1cc(C(=O)O)n(-c2nc3ccccc3n2C)n1. The van der Waals surface area contributed by atoms with E-state index in [2.05, 4.69) is 10.1 Å². The summed E-state index contributed by atoms with van der Waals surface area (Å²) in [5, 5.41) is 13.4. The molecule has 0 bridgehead atoms. The number of carboxylic acids is 1. The van der Waals surface area contributed by atoms with Crippen LogP contribution in [0.25, 0.3) is 17.0 Å². The zero-order chi connectivity index (χ0) is 13.6. The number of hydrogen-bond acceptors (Lipinski definition) is 3. The predicted molar refractivity (Wildman–Crippen MR) is 69.5 cm³/mol. The molecule has 0 radical (unpaired) electrons. The molecule has 0 aliphatic carbocycles. The standard InChI is InChI=1S/C13H12N4O2/c1-8-7-11(12(18)19)17(15-8)13-14-9-5-3-4-6-10(9)16(13)2/h3-7H,1-2H3,(H,18,19). The zero-order valence-corrected chi connectivity index (χ0v) is 10.5. The maximum Gasteiger partial charge on any atom is 0.354 e. The number of carboxylic acid groups (broad SMARTS) is 1. The van der Waals surface area contributed by atoms with Gasteiger partial charge in [0, 0.05) is 7.05 Å². The largest absolute Gasteiger partial charge is 0.477 e. The molecule has 0 unspecified atom stereocenters. The Morgan fingerprint density at radius 1 is 1.32 bits per heavy atom. The number of nitrogens with zero attached hydrogens (tertiary/aromatic N) is 4. The predicted octanol–water partition coefficient (Wildman–Crippen LogP) is 1.77.